The first-order valence-corrected chi connectivity index (χ1v) is 11.3. The molecule has 172 valence electrons. The summed E-state index contributed by atoms with van der Waals surface area (Å²) in [6, 6.07) is 1.94. The lowest BCUT2D eigenvalue weighted by Gasteiger charge is -2.23. The maximum Gasteiger partial charge on any atom is 0.204 e. The van der Waals surface area contributed by atoms with Crippen LogP contribution in [-0.4, -0.2) is 38.3 Å². The van der Waals surface area contributed by atoms with E-state index in [4.69, 9.17) is 14.2 Å². The van der Waals surface area contributed by atoms with Gasteiger partial charge in [0.2, 0.25) is 5.75 Å². The number of hydrogen-bond acceptors (Lipinski definition) is 5. The molecule has 0 aliphatic heterocycles. The molecule has 1 aliphatic carbocycles. The van der Waals surface area contributed by atoms with Crippen molar-refractivity contribution in [2.24, 2.45) is 0 Å². The molecule has 0 aromatic heterocycles. The predicted octanol–water partition coefficient (Wildman–Crippen LogP) is 5.54. The smallest absolute Gasteiger partial charge is 0.204 e. The molecule has 0 amide bonds. The molecule has 0 saturated heterocycles. The van der Waals surface area contributed by atoms with E-state index in [1.54, 1.807) is 14.2 Å². The van der Waals surface area contributed by atoms with Gasteiger partial charge in [-0.1, -0.05) is 17.2 Å². The van der Waals surface area contributed by atoms with E-state index in [0.717, 1.165) is 36.8 Å². The molecular formula is C26H38O5. The highest BCUT2D eigenvalue weighted by Crippen LogP contribution is 2.48. The van der Waals surface area contributed by atoms with E-state index < -0.39 is 0 Å². The molecule has 1 fully saturated rings. The Balaban J connectivity index is 2.34. The van der Waals surface area contributed by atoms with E-state index >= 15 is 0 Å². The Hall–Kier alpha value is -2.27. The van der Waals surface area contributed by atoms with Gasteiger partial charge in [0.05, 0.1) is 14.2 Å². The molecular weight excluding hydrogens is 392 g/mol. The van der Waals surface area contributed by atoms with Gasteiger partial charge >= 0.3 is 0 Å². The summed E-state index contributed by atoms with van der Waals surface area (Å²) in [5, 5.41) is 9.34. The van der Waals surface area contributed by atoms with Crippen molar-refractivity contribution < 1.29 is 24.1 Å². The standard InChI is InChI=1S/C26H38O5/c1-18(2)9-6-10-19(3)14-16-31-25-23(29-4)17-20(11-8-15-27)24(26(25)30-5)21-12-7-13-22(21)28/h9,14,17,21,27H,6-8,10-13,15-16H2,1-5H3/b19-14+. The van der Waals surface area contributed by atoms with Gasteiger partial charge in [0.1, 0.15) is 12.4 Å². The average molecular weight is 431 g/mol. The van der Waals surface area contributed by atoms with Crippen LogP contribution >= 0.6 is 0 Å². The molecule has 1 unspecified atom stereocenters. The zero-order chi connectivity index (χ0) is 22.8. The predicted molar refractivity (Wildman–Crippen MR) is 124 cm³/mol. The molecule has 1 N–H and O–H groups in total. The molecule has 1 saturated carbocycles. The molecule has 1 aromatic rings. The van der Waals surface area contributed by atoms with Crippen molar-refractivity contribution in [3.8, 4) is 17.2 Å². The Labute approximate surface area is 187 Å². The molecule has 1 aliphatic rings. The number of carbonyl (C=O) groups excluding carboxylic acids is 1. The van der Waals surface area contributed by atoms with Gasteiger partial charge in [-0.25, -0.2) is 0 Å². The van der Waals surface area contributed by atoms with E-state index in [1.165, 1.54) is 11.1 Å². The molecule has 5 nitrogen and oxygen atoms in total. The number of ether oxygens (including phenoxy) is 3. The topological polar surface area (TPSA) is 65.0 Å². The van der Waals surface area contributed by atoms with Crippen LogP contribution in [0.15, 0.2) is 29.4 Å². The fourth-order valence-corrected chi connectivity index (χ4v) is 4.11. The van der Waals surface area contributed by atoms with Crippen LogP contribution in [0.1, 0.15) is 76.3 Å². The number of carbonyl (C=O) groups is 1. The third-order valence-corrected chi connectivity index (χ3v) is 5.76. The highest BCUT2D eigenvalue weighted by Gasteiger charge is 2.33. The number of rotatable bonds is 12. The zero-order valence-corrected chi connectivity index (χ0v) is 19.8. The highest BCUT2D eigenvalue weighted by atomic mass is 16.5. The first-order chi connectivity index (χ1) is 14.9. The lowest BCUT2D eigenvalue weighted by atomic mass is 9.88. The van der Waals surface area contributed by atoms with Gasteiger partial charge in [-0.2, -0.15) is 0 Å². The monoisotopic (exact) mass is 430 g/mol. The Kier molecular flexibility index (Phi) is 10.1. The van der Waals surface area contributed by atoms with Crippen LogP contribution in [0.2, 0.25) is 0 Å². The third-order valence-electron chi connectivity index (χ3n) is 5.76. The van der Waals surface area contributed by atoms with Crippen molar-refractivity contribution in [2.75, 3.05) is 27.4 Å². The maximum absolute atomic E-state index is 12.6. The number of aliphatic hydroxyl groups excluding tert-OH is 1. The molecule has 31 heavy (non-hydrogen) atoms. The Bertz CT molecular complexity index is 803. The van der Waals surface area contributed by atoms with Crippen LogP contribution in [0.25, 0.3) is 0 Å². The molecule has 0 spiro atoms. The normalized spacial score (nSPS) is 16.4. The van der Waals surface area contributed by atoms with Gasteiger partial charge in [-0.15, -0.1) is 0 Å². The van der Waals surface area contributed by atoms with Crippen LogP contribution in [-0.2, 0) is 11.2 Å². The number of hydrogen-bond donors (Lipinski definition) is 1. The number of aliphatic hydroxyl groups is 1. The molecule has 1 atom stereocenters. The van der Waals surface area contributed by atoms with Gasteiger partial charge < -0.3 is 19.3 Å². The quantitative estimate of drug-likeness (QED) is 0.441. The van der Waals surface area contributed by atoms with Crippen LogP contribution in [0.4, 0.5) is 0 Å². The Morgan fingerprint density at radius 3 is 2.52 bits per heavy atom. The second kappa shape index (κ2) is 12.6. The van der Waals surface area contributed by atoms with E-state index in [9.17, 15) is 9.90 Å². The molecule has 5 heteroatoms. The molecule has 1 aromatic carbocycles. The molecule has 2 rings (SSSR count). The van der Waals surface area contributed by atoms with Crippen molar-refractivity contribution in [3.05, 3.63) is 40.5 Å². The van der Waals surface area contributed by atoms with Crippen molar-refractivity contribution in [1.82, 2.24) is 0 Å². The summed E-state index contributed by atoms with van der Waals surface area (Å²) in [6.07, 6.45) is 9.91. The fraction of sp³-hybridized carbons (Fsp3) is 0.577. The fourth-order valence-electron chi connectivity index (χ4n) is 4.11. The SMILES string of the molecule is COc1cc(CCCO)c(C2CCCC2=O)c(OC)c1OC/C=C(\C)CCC=C(C)C. The Morgan fingerprint density at radius 1 is 1.16 bits per heavy atom. The summed E-state index contributed by atoms with van der Waals surface area (Å²) >= 11 is 0. The van der Waals surface area contributed by atoms with E-state index in [0.29, 0.717) is 43.1 Å². The summed E-state index contributed by atoms with van der Waals surface area (Å²) in [5.41, 5.74) is 4.48. The summed E-state index contributed by atoms with van der Waals surface area (Å²) in [5.74, 6) is 1.78. The van der Waals surface area contributed by atoms with Crippen molar-refractivity contribution in [2.45, 2.75) is 71.6 Å². The second-order valence-corrected chi connectivity index (χ2v) is 8.43. The maximum atomic E-state index is 12.6. The summed E-state index contributed by atoms with van der Waals surface area (Å²) in [4.78, 5) is 12.6. The first-order valence-electron chi connectivity index (χ1n) is 11.3. The summed E-state index contributed by atoms with van der Waals surface area (Å²) in [7, 11) is 3.22. The molecule has 0 bridgehead atoms. The number of aryl methyl sites for hydroxylation is 1. The lowest BCUT2D eigenvalue weighted by molar-refractivity contribution is -0.118. The van der Waals surface area contributed by atoms with Crippen LogP contribution < -0.4 is 14.2 Å². The van der Waals surface area contributed by atoms with Crippen LogP contribution in [0.3, 0.4) is 0 Å². The van der Waals surface area contributed by atoms with Crippen LogP contribution in [0, 0.1) is 0 Å². The minimum Gasteiger partial charge on any atom is -0.493 e. The van der Waals surface area contributed by atoms with Crippen molar-refractivity contribution >= 4 is 5.78 Å². The summed E-state index contributed by atoms with van der Waals surface area (Å²) in [6.45, 7) is 6.83. The van der Waals surface area contributed by atoms with Gasteiger partial charge in [0.25, 0.3) is 0 Å². The number of benzene rings is 1. The average Bonchev–Trinajstić information content (AvgIpc) is 3.16. The van der Waals surface area contributed by atoms with Crippen molar-refractivity contribution in [3.63, 3.8) is 0 Å². The largest absolute Gasteiger partial charge is 0.493 e. The number of allylic oxidation sites excluding steroid dienone is 3. The molecule has 0 radical (unpaired) electrons. The number of Topliss-reactive ketones (excluding diaryl/α,β-unsaturated/α-hetero) is 1. The van der Waals surface area contributed by atoms with E-state index in [-0.39, 0.29) is 18.3 Å². The first kappa shape index (κ1) is 25.0. The van der Waals surface area contributed by atoms with E-state index in [2.05, 4.69) is 32.9 Å². The van der Waals surface area contributed by atoms with Gasteiger partial charge in [0, 0.05) is 24.5 Å². The summed E-state index contributed by atoms with van der Waals surface area (Å²) < 4.78 is 17.6. The van der Waals surface area contributed by atoms with E-state index in [1.807, 2.05) is 6.07 Å². The number of methoxy groups -OCH3 is 2. The van der Waals surface area contributed by atoms with Gasteiger partial charge in [-0.3, -0.25) is 4.79 Å². The molecule has 0 heterocycles. The minimum absolute atomic E-state index is 0.0950. The van der Waals surface area contributed by atoms with Crippen LogP contribution in [0.5, 0.6) is 17.2 Å². The van der Waals surface area contributed by atoms with Gasteiger partial charge in [0.15, 0.2) is 11.5 Å². The highest BCUT2D eigenvalue weighted by molar-refractivity contribution is 5.89. The third kappa shape index (κ3) is 6.86. The van der Waals surface area contributed by atoms with Gasteiger partial charge in [-0.05, 0) is 77.0 Å². The second-order valence-electron chi connectivity index (χ2n) is 8.43. The Morgan fingerprint density at radius 2 is 1.94 bits per heavy atom. The van der Waals surface area contributed by atoms with Crippen molar-refractivity contribution in [1.29, 1.82) is 0 Å². The minimum atomic E-state index is -0.182. The zero-order valence-electron chi connectivity index (χ0n) is 19.8. The lowest BCUT2D eigenvalue weighted by Crippen LogP contribution is -2.12. The number of ketones is 1.